The minimum atomic E-state index is -0.376. The van der Waals surface area contributed by atoms with Crippen LogP contribution < -0.4 is 4.90 Å². The van der Waals surface area contributed by atoms with Crippen LogP contribution in [0.15, 0.2) is 16.6 Å². The maximum atomic E-state index is 10.9. The third kappa shape index (κ3) is 2.96. The van der Waals surface area contributed by atoms with Crippen molar-refractivity contribution in [2.75, 3.05) is 11.9 Å². The number of nitrogens with zero attached hydrogens (tertiary/aromatic N) is 2. The Morgan fingerprint density at radius 2 is 2.05 bits per heavy atom. The fraction of sp³-hybridized carbons (Fsp3) is 0.571. The average Bonchev–Trinajstić information content (AvgIpc) is 2.40. The van der Waals surface area contributed by atoms with Crippen LogP contribution in [0.4, 0.5) is 11.4 Å². The molecule has 0 saturated heterocycles. The van der Waals surface area contributed by atoms with Crippen molar-refractivity contribution in [1.29, 1.82) is 0 Å². The van der Waals surface area contributed by atoms with Gasteiger partial charge in [0.1, 0.15) is 0 Å². The molecular formula is C14H19BrN2O3. The maximum Gasteiger partial charge on any atom is 0.273 e. The van der Waals surface area contributed by atoms with Crippen LogP contribution in [-0.4, -0.2) is 29.2 Å². The number of aliphatic hydroxyl groups excluding tert-OH is 1. The molecule has 0 aromatic heterocycles. The predicted molar refractivity (Wildman–Crippen MR) is 82.2 cm³/mol. The third-order valence-electron chi connectivity index (χ3n) is 4.03. The highest BCUT2D eigenvalue weighted by atomic mass is 79.9. The van der Waals surface area contributed by atoms with Crippen molar-refractivity contribution in [3.05, 3.63) is 32.3 Å². The zero-order valence-corrected chi connectivity index (χ0v) is 13.3. The molecule has 0 amide bonds. The number of rotatable bonds is 3. The van der Waals surface area contributed by atoms with E-state index in [0.29, 0.717) is 10.0 Å². The van der Waals surface area contributed by atoms with Crippen molar-refractivity contribution in [2.45, 2.75) is 44.8 Å². The van der Waals surface area contributed by atoms with Gasteiger partial charge in [-0.05, 0) is 41.8 Å². The number of nitro groups is 1. The van der Waals surface area contributed by atoms with Gasteiger partial charge in [0.05, 0.1) is 22.8 Å². The first kappa shape index (κ1) is 15.3. The van der Waals surface area contributed by atoms with Gasteiger partial charge in [0.2, 0.25) is 0 Å². The molecule has 5 nitrogen and oxygen atoms in total. The van der Waals surface area contributed by atoms with E-state index >= 15 is 0 Å². The Kier molecular flexibility index (Phi) is 4.65. The maximum absolute atomic E-state index is 10.9. The molecule has 2 rings (SSSR count). The van der Waals surface area contributed by atoms with Crippen LogP contribution in [0.1, 0.15) is 31.2 Å². The van der Waals surface area contributed by atoms with Crippen molar-refractivity contribution in [1.82, 2.24) is 0 Å². The predicted octanol–water partition coefficient (Wildman–Crippen LogP) is 3.41. The number of anilines is 1. The van der Waals surface area contributed by atoms with Crippen LogP contribution >= 0.6 is 15.9 Å². The summed E-state index contributed by atoms with van der Waals surface area (Å²) in [6.45, 7) is 1.74. The van der Waals surface area contributed by atoms with Gasteiger partial charge in [0, 0.05) is 23.2 Å². The summed E-state index contributed by atoms with van der Waals surface area (Å²) in [6.07, 6.45) is 3.59. The van der Waals surface area contributed by atoms with Gasteiger partial charge in [-0.25, -0.2) is 0 Å². The molecule has 1 aliphatic carbocycles. The highest BCUT2D eigenvalue weighted by molar-refractivity contribution is 9.10. The Morgan fingerprint density at radius 1 is 1.40 bits per heavy atom. The molecule has 1 fully saturated rings. The summed E-state index contributed by atoms with van der Waals surface area (Å²) in [6, 6.07) is 3.42. The summed E-state index contributed by atoms with van der Waals surface area (Å²) in [5.74, 6) is 0. The van der Waals surface area contributed by atoms with Gasteiger partial charge in [0.15, 0.2) is 0 Å². The molecule has 20 heavy (non-hydrogen) atoms. The topological polar surface area (TPSA) is 66.6 Å². The fourth-order valence-electron chi connectivity index (χ4n) is 2.84. The highest BCUT2D eigenvalue weighted by Gasteiger charge is 2.28. The summed E-state index contributed by atoms with van der Waals surface area (Å²) < 4.78 is 0.690. The van der Waals surface area contributed by atoms with Crippen molar-refractivity contribution < 1.29 is 10.0 Å². The van der Waals surface area contributed by atoms with E-state index < -0.39 is 0 Å². The Bertz CT molecular complexity index is 521. The number of nitro benzene ring substituents is 1. The number of aryl methyl sites for hydroxylation is 1. The molecular weight excluding hydrogens is 324 g/mol. The third-order valence-corrected chi connectivity index (χ3v) is 4.67. The van der Waals surface area contributed by atoms with Crippen LogP contribution in [0, 0.1) is 17.0 Å². The SMILES string of the molecule is Cc1cc(N(C)C2CCCCC2O)c(Br)cc1[N+](=O)[O-]. The molecule has 110 valence electrons. The van der Waals surface area contributed by atoms with Gasteiger partial charge in [-0.2, -0.15) is 0 Å². The minimum absolute atomic E-state index is 0.0703. The molecule has 1 aromatic rings. The number of halogens is 1. The first-order chi connectivity index (χ1) is 9.41. The lowest BCUT2D eigenvalue weighted by Gasteiger charge is -2.37. The van der Waals surface area contributed by atoms with Crippen LogP contribution in [0.5, 0.6) is 0 Å². The minimum Gasteiger partial charge on any atom is -0.391 e. The Morgan fingerprint density at radius 3 is 2.65 bits per heavy atom. The molecule has 2 atom stereocenters. The zero-order chi connectivity index (χ0) is 14.9. The van der Waals surface area contributed by atoms with Crippen LogP contribution in [-0.2, 0) is 0 Å². The van der Waals surface area contributed by atoms with Gasteiger partial charge >= 0.3 is 0 Å². The van der Waals surface area contributed by atoms with Gasteiger partial charge in [0.25, 0.3) is 5.69 Å². The molecule has 0 radical (unpaired) electrons. The monoisotopic (exact) mass is 342 g/mol. The lowest BCUT2D eigenvalue weighted by atomic mass is 9.91. The van der Waals surface area contributed by atoms with E-state index in [9.17, 15) is 15.2 Å². The van der Waals surface area contributed by atoms with E-state index in [1.54, 1.807) is 6.92 Å². The number of hydrogen-bond acceptors (Lipinski definition) is 4. The average molecular weight is 343 g/mol. The summed E-state index contributed by atoms with van der Waals surface area (Å²) in [5, 5.41) is 21.1. The van der Waals surface area contributed by atoms with E-state index in [-0.39, 0.29) is 22.8 Å². The number of hydrogen-bond donors (Lipinski definition) is 1. The van der Waals surface area contributed by atoms with Crippen LogP contribution in [0.2, 0.25) is 0 Å². The first-order valence-electron chi connectivity index (χ1n) is 6.77. The largest absolute Gasteiger partial charge is 0.391 e. The summed E-state index contributed by atoms with van der Waals surface area (Å²) in [4.78, 5) is 12.6. The number of likely N-dealkylation sites (N-methyl/N-ethyl adjacent to an activating group) is 1. The van der Waals surface area contributed by atoms with Gasteiger partial charge in [-0.1, -0.05) is 12.8 Å². The molecule has 2 unspecified atom stereocenters. The van der Waals surface area contributed by atoms with Crippen molar-refractivity contribution >= 4 is 27.3 Å². The summed E-state index contributed by atoms with van der Waals surface area (Å²) in [7, 11) is 1.94. The van der Waals surface area contributed by atoms with Gasteiger partial charge in [-0.3, -0.25) is 10.1 Å². The molecule has 6 heteroatoms. The molecule has 0 aliphatic heterocycles. The standard InChI is InChI=1S/C14H19BrN2O3/c1-9-7-13(10(15)8-12(9)17(19)20)16(2)11-5-3-4-6-14(11)18/h7-8,11,14,18H,3-6H2,1-2H3. The number of aliphatic hydroxyl groups is 1. The second-order valence-electron chi connectivity index (χ2n) is 5.38. The first-order valence-corrected chi connectivity index (χ1v) is 7.56. The van der Waals surface area contributed by atoms with Crippen molar-refractivity contribution in [3.8, 4) is 0 Å². The lowest BCUT2D eigenvalue weighted by Crippen LogP contribution is -2.43. The Balaban J connectivity index is 2.32. The van der Waals surface area contributed by atoms with E-state index in [4.69, 9.17) is 0 Å². The smallest absolute Gasteiger partial charge is 0.273 e. The second-order valence-corrected chi connectivity index (χ2v) is 6.23. The fourth-order valence-corrected chi connectivity index (χ4v) is 3.46. The summed E-state index contributed by atoms with van der Waals surface area (Å²) >= 11 is 3.41. The van der Waals surface area contributed by atoms with E-state index in [1.807, 2.05) is 18.0 Å². The van der Waals surface area contributed by atoms with E-state index in [1.165, 1.54) is 6.07 Å². The molecule has 1 aliphatic rings. The number of benzene rings is 1. The quantitative estimate of drug-likeness (QED) is 0.675. The van der Waals surface area contributed by atoms with E-state index in [2.05, 4.69) is 15.9 Å². The normalized spacial score (nSPS) is 22.6. The molecule has 0 heterocycles. The van der Waals surface area contributed by atoms with Crippen molar-refractivity contribution in [2.24, 2.45) is 0 Å². The Labute approximate surface area is 126 Å². The lowest BCUT2D eigenvalue weighted by molar-refractivity contribution is -0.385. The van der Waals surface area contributed by atoms with Crippen LogP contribution in [0.3, 0.4) is 0 Å². The molecule has 0 spiro atoms. The molecule has 1 saturated carbocycles. The molecule has 0 bridgehead atoms. The summed E-state index contributed by atoms with van der Waals surface area (Å²) in [5.41, 5.74) is 1.63. The molecule has 1 N–H and O–H groups in total. The molecule has 1 aromatic carbocycles. The van der Waals surface area contributed by atoms with E-state index in [0.717, 1.165) is 31.4 Å². The highest BCUT2D eigenvalue weighted by Crippen LogP contribution is 2.35. The van der Waals surface area contributed by atoms with Gasteiger partial charge in [-0.15, -0.1) is 0 Å². The second kappa shape index (κ2) is 6.10. The zero-order valence-electron chi connectivity index (χ0n) is 11.7. The van der Waals surface area contributed by atoms with Crippen molar-refractivity contribution in [3.63, 3.8) is 0 Å². The van der Waals surface area contributed by atoms with Gasteiger partial charge < -0.3 is 10.0 Å². The Hall–Kier alpha value is -1.14. The van der Waals surface area contributed by atoms with Crippen LogP contribution in [0.25, 0.3) is 0 Å².